The van der Waals surface area contributed by atoms with Gasteiger partial charge >= 0.3 is 0 Å². The van der Waals surface area contributed by atoms with Crippen molar-refractivity contribution in [2.75, 3.05) is 0 Å². The molecule has 0 amide bonds. The van der Waals surface area contributed by atoms with Crippen LogP contribution in [0.3, 0.4) is 0 Å². The van der Waals surface area contributed by atoms with Crippen molar-refractivity contribution in [3.8, 4) is 0 Å². The van der Waals surface area contributed by atoms with Gasteiger partial charge in [0.2, 0.25) is 0 Å². The maximum absolute atomic E-state index is 12.9. The largest absolute Gasteiger partial charge is 0.341 e. The maximum atomic E-state index is 12.9. The molecular formula is C18H18N6OS. The van der Waals surface area contributed by atoms with Crippen LogP contribution < -0.4 is 5.56 Å². The monoisotopic (exact) mass is 366 g/mol. The van der Waals surface area contributed by atoms with Gasteiger partial charge in [-0.1, -0.05) is 37.2 Å². The molecule has 0 atom stereocenters. The average Bonchev–Trinajstić information content (AvgIpc) is 3.15. The molecule has 0 aliphatic heterocycles. The smallest absolute Gasteiger partial charge is 0.261 e. The number of rotatable bonds is 6. The molecule has 3 aromatic heterocycles. The number of benzene rings is 1. The molecule has 0 fully saturated rings. The van der Waals surface area contributed by atoms with E-state index in [0.717, 1.165) is 34.7 Å². The van der Waals surface area contributed by atoms with Gasteiger partial charge in [-0.05, 0) is 18.6 Å². The first-order chi connectivity index (χ1) is 12.8. The molecule has 4 rings (SSSR count). The van der Waals surface area contributed by atoms with Crippen molar-refractivity contribution in [2.24, 2.45) is 0 Å². The minimum Gasteiger partial charge on any atom is -0.341 e. The minimum atomic E-state index is 0.0222. The number of aromatic amines is 1. The van der Waals surface area contributed by atoms with Gasteiger partial charge in [-0.3, -0.25) is 9.36 Å². The number of aromatic nitrogens is 6. The van der Waals surface area contributed by atoms with E-state index in [1.54, 1.807) is 10.9 Å². The molecule has 1 aromatic carbocycles. The Bertz CT molecular complexity index is 1120. The summed E-state index contributed by atoms with van der Waals surface area (Å²) < 4.78 is 1.80. The average molecular weight is 366 g/mol. The number of imidazole rings is 1. The summed E-state index contributed by atoms with van der Waals surface area (Å²) >= 11 is 1.53. The number of thioether (sulfide) groups is 1. The van der Waals surface area contributed by atoms with Gasteiger partial charge in [0.1, 0.15) is 22.7 Å². The Labute approximate surface area is 153 Å². The Morgan fingerprint density at radius 1 is 1.19 bits per heavy atom. The zero-order valence-corrected chi connectivity index (χ0v) is 15.2. The molecule has 132 valence electrons. The standard InChI is InChI=1S/C18H18N6OS/c1-2-3-8-24-14(23-13-7-5-4-6-12(13)18(24)25)9-26-17-15-16(20-10-19-15)21-11-22-17/h4-7,10-11H,2-3,8-9H2,1H3,(H,19,20,21,22). The van der Waals surface area contributed by atoms with Gasteiger partial charge < -0.3 is 4.98 Å². The van der Waals surface area contributed by atoms with Crippen molar-refractivity contribution in [1.82, 2.24) is 29.5 Å². The summed E-state index contributed by atoms with van der Waals surface area (Å²) in [6, 6.07) is 7.50. The second-order valence-corrected chi connectivity index (χ2v) is 6.89. The van der Waals surface area contributed by atoms with Crippen LogP contribution in [0.4, 0.5) is 0 Å². The fraction of sp³-hybridized carbons (Fsp3) is 0.278. The van der Waals surface area contributed by atoms with Crippen LogP contribution in [0.5, 0.6) is 0 Å². The van der Waals surface area contributed by atoms with E-state index < -0.39 is 0 Å². The molecule has 1 N–H and O–H groups in total. The maximum Gasteiger partial charge on any atom is 0.261 e. The predicted molar refractivity (Wildman–Crippen MR) is 102 cm³/mol. The van der Waals surface area contributed by atoms with E-state index in [9.17, 15) is 4.79 Å². The molecule has 26 heavy (non-hydrogen) atoms. The molecule has 0 aliphatic rings. The first kappa shape index (κ1) is 16.7. The fourth-order valence-corrected chi connectivity index (χ4v) is 3.76. The van der Waals surface area contributed by atoms with Crippen LogP contribution >= 0.6 is 11.8 Å². The van der Waals surface area contributed by atoms with Gasteiger partial charge in [-0.2, -0.15) is 0 Å². The Balaban J connectivity index is 1.72. The topological polar surface area (TPSA) is 89.3 Å². The molecule has 0 bridgehead atoms. The van der Waals surface area contributed by atoms with E-state index in [1.165, 1.54) is 18.1 Å². The Kier molecular flexibility index (Phi) is 4.66. The van der Waals surface area contributed by atoms with Crippen LogP contribution in [0.1, 0.15) is 25.6 Å². The van der Waals surface area contributed by atoms with E-state index in [1.807, 2.05) is 24.3 Å². The fourth-order valence-electron chi connectivity index (χ4n) is 2.86. The molecule has 3 heterocycles. The molecule has 0 saturated heterocycles. The van der Waals surface area contributed by atoms with Crippen LogP contribution in [0, 0.1) is 0 Å². The first-order valence-corrected chi connectivity index (χ1v) is 9.52. The highest BCUT2D eigenvalue weighted by atomic mass is 32.2. The molecule has 8 heteroatoms. The number of nitrogens with zero attached hydrogens (tertiary/aromatic N) is 5. The lowest BCUT2D eigenvalue weighted by atomic mass is 10.2. The van der Waals surface area contributed by atoms with Gasteiger partial charge in [-0.25, -0.2) is 19.9 Å². The van der Waals surface area contributed by atoms with E-state index in [4.69, 9.17) is 4.98 Å². The number of fused-ring (bicyclic) bond motifs is 2. The Morgan fingerprint density at radius 2 is 2.08 bits per heavy atom. The van der Waals surface area contributed by atoms with Crippen LogP contribution in [-0.4, -0.2) is 29.5 Å². The van der Waals surface area contributed by atoms with Crippen molar-refractivity contribution in [3.63, 3.8) is 0 Å². The lowest BCUT2D eigenvalue weighted by Gasteiger charge is -2.13. The predicted octanol–water partition coefficient (Wildman–Crippen LogP) is 3.16. The third-order valence-electron chi connectivity index (χ3n) is 4.20. The van der Waals surface area contributed by atoms with Crippen LogP contribution in [0.15, 0.2) is 46.7 Å². The summed E-state index contributed by atoms with van der Waals surface area (Å²) in [5, 5.41) is 1.47. The van der Waals surface area contributed by atoms with Crippen molar-refractivity contribution in [1.29, 1.82) is 0 Å². The number of hydrogen-bond donors (Lipinski definition) is 1. The van der Waals surface area contributed by atoms with Crippen molar-refractivity contribution in [2.45, 2.75) is 37.1 Å². The lowest BCUT2D eigenvalue weighted by molar-refractivity contribution is 0.589. The second kappa shape index (κ2) is 7.25. The number of unbranched alkanes of at least 4 members (excludes halogenated alkanes) is 1. The van der Waals surface area contributed by atoms with E-state index in [2.05, 4.69) is 26.9 Å². The lowest BCUT2D eigenvalue weighted by Crippen LogP contribution is -2.25. The van der Waals surface area contributed by atoms with E-state index in [0.29, 0.717) is 23.3 Å². The molecule has 0 radical (unpaired) electrons. The van der Waals surface area contributed by atoms with Gasteiger partial charge in [0.25, 0.3) is 5.56 Å². The quantitative estimate of drug-likeness (QED) is 0.416. The van der Waals surface area contributed by atoms with Gasteiger partial charge in [-0.15, -0.1) is 0 Å². The second-order valence-electron chi connectivity index (χ2n) is 5.92. The highest BCUT2D eigenvalue weighted by Gasteiger charge is 2.13. The third-order valence-corrected chi connectivity index (χ3v) is 5.19. The van der Waals surface area contributed by atoms with Crippen molar-refractivity contribution < 1.29 is 0 Å². The van der Waals surface area contributed by atoms with E-state index >= 15 is 0 Å². The highest BCUT2D eigenvalue weighted by Crippen LogP contribution is 2.25. The van der Waals surface area contributed by atoms with Gasteiger partial charge in [0.15, 0.2) is 5.65 Å². The Morgan fingerprint density at radius 3 is 2.96 bits per heavy atom. The number of para-hydroxylation sites is 1. The number of nitrogens with one attached hydrogen (secondary N) is 1. The summed E-state index contributed by atoms with van der Waals surface area (Å²) in [6.45, 7) is 2.79. The molecular weight excluding hydrogens is 348 g/mol. The minimum absolute atomic E-state index is 0.0222. The summed E-state index contributed by atoms with van der Waals surface area (Å²) in [6.07, 6.45) is 5.07. The SMILES string of the molecule is CCCCn1c(CSc2ncnc3nc[nH]c23)nc2ccccc2c1=O. The first-order valence-electron chi connectivity index (χ1n) is 8.53. The zero-order chi connectivity index (χ0) is 17.9. The van der Waals surface area contributed by atoms with Crippen LogP contribution in [0.25, 0.3) is 22.1 Å². The number of H-pyrrole nitrogens is 1. The zero-order valence-electron chi connectivity index (χ0n) is 14.3. The van der Waals surface area contributed by atoms with E-state index in [-0.39, 0.29) is 5.56 Å². The molecule has 0 saturated carbocycles. The number of hydrogen-bond acceptors (Lipinski definition) is 6. The van der Waals surface area contributed by atoms with Gasteiger partial charge in [0, 0.05) is 6.54 Å². The summed E-state index contributed by atoms with van der Waals surface area (Å²) in [4.78, 5) is 33.3. The summed E-state index contributed by atoms with van der Waals surface area (Å²) in [5.41, 5.74) is 2.20. The molecule has 7 nitrogen and oxygen atoms in total. The highest BCUT2D eigenvalue weighted by molar-refractivity contribution is 7.98. The Hall–Kier alpha value is -2.74. The molecule has 0 spiro atoms. The molecule has 0 unspecified atom stereocenters. The summed E-state index contributed by atoms with van der Waals surface area (Å²) in [5.74, 6) is 1.31. The summed E-state index contributed by atoms with van der Waals surface area (Å²) in [7, 11) is 0. The van der Waals surface area contributed by atoms with Gasteiger partial charge in [0.05, 0.1) is 23.0 Å². The molecule has 4 aromatic rings. The van der Waals surface area contributed by atoms with Crippen molar-refractivity contribution in [3.05, 3.63) is 53.1 Å². The third kappa shape index (κ3) is 3.08. The van der Waals surface area contributed by atoms with Crippen molar-refractivity contribution >= 4 is 33.8 Å². The molecule has 0 aliphatic carbocycles. The normalized spacial score (nSPS) is 11.4. The van der Waals surface area contributed by atoms with Crippen LogP contribution in [0.2, 0.25) is 0 Å². The van der Waals surface area contributed by atoms with Crippen LogP contribution in [-0.2, 0) is 12.3 Å².